The van der Waals surface area contributed by atoms with Crippen LogP contribution in [0, 0.1) is 36.0 Å². The molecule has 0 aliphatic carbocycles. The van der Waals surface area contributed by atoms with Crippen LogP contribution in [0.5, 0.6) is 5.75 Å². The molecule has 1 N–H and O–H groups in total. The molecule has 0 aromatic heterocycles. The fourth-order valence-corrected chi connectivity index (χ4v) is 3.23. The van der Waals surface area contributed by atoms with Gasteiger partial charge in [0.2, 0.25) is 5.82 Å². The topological polar surface area (TPSA) is 32.6 Å². The first-order valence-corrected chi connectivity index (χ1v) is 15.7. The Kier molecular flexibility index (Phi) is 9.65. The Hall–Kier alpha value is -1.76. The van der Waals surface area contributed by atoms with Crippen molar-refractivity contribution in [3.8, 4) is 5.75 Å². The summed E-state index contributed by atoms with van der Waals surface area (Å²) in [5.74, 6) is -10.7. The van der Waals surface area contributed by atoms with Crippen LogP contribution in [-0.2, 0) is 26.3 Å². The van der Waals surface area contributed by atoms with Crippen molar-refractivity contribution in [2.45, 2.75) is 26.2 Å². The average Bonchev–Trinajstić information content (AvgIpc) is 2.79. The van der Waals surface area contributed by atoms with Gasteiger partial charge in [0.15, 0.2) is 23.3 Å². The second kappa shape index (κ2) is 11.6. The van der Waals surface area contributed by atoms with Gasteiger partial charge in [-0.3, -0.25) is 0 Å². The van der Waals surface area contributed by atoms with E-state index in [1.807, 2.05) is 44.2 Å². The average molecular weight is 582 g/mol. The van der Waals surface area contributed by atoms with Crippen molar-refractivity contribution in [1.82, 2.24) is 0 Å². The molecule has 0 bridgehead atoms. The molecule has 0 radical (unpaired) electrons. The molecule has 3 aromatic rings. The second-order valence-electron chi connectivity index (χ2n) is 7.49. The minimum absolute atomic E-state index is 0.0814. The number of rotatable bonds is 4. The number of phenolic OH excluding ortho intramolecular Hbond substituents is 1. The Morgan fingerprint density at radius 1 is 0.879 bits per heavy atom. The number of halogens is 7. The van der Waals surface area contributed by atoms with Gasteiger partial charge >= 0.3 is 37.9 Å². The molecular weight excluding hydrogens is 563 g/mol. The van der Waals surface area contributed by atoms with Gasteiger partial charge in [-0.15, -0.1) is 0 Å². The third-order valence-electron chi connectivity index (χ3n) is 4.97. The summed E-state index contributed by atoms with van der Waals surface area (Å²) in [5, 5.41) is 10.8. The first-order valence-electron chi connectivity index (χ1n) is 9.38. The molecular formula is C23H18Cl2F5NOZr. The predicted octanol–water partition coefficient (Wildman–Crippen LogP) is 7.85. The van der Waals surface area contributed by atoms with Gasteiger partial charge in [0, 0.05) is 22.8 Å². The first kappa shape index (κ1) is 27.5. The van der Waals surface area contributed by atoms with Crippen molar-refractivity contribution in [3.63, 3.8) is 0 Å². The number of hydrogen-bond acceptors (Lipinski definition) is 2. The molecule has 0 atom stereocenters. The van der Waals surface area contributed by atoms with Crippen molar-refractivity contribution in [2.75, 3.05) is 0 Å². The van der Waals surface area contributed by atoms with Crippen LogP contribution in [0.2, 0.25) is 0 Å². The molecule has 3 rings (SSSR count). The van der Waals surface area contributed by atoms with Gasteiger partial charge in [-0.25, -0.2) is 26.9 Å². The summed E-state index contributed by atoms with van der Waals surface area (Å²) in [6, 6.07) is 12.6. The van der Waals surface area contributed by atoms with Crippen molar-refractivity contribution < 1.29 is 47.9 Å². The Labute approximate surface area is 206 Å². The Morgan fingerprint density at radius 3 is 1.88 bits per heavy atom. The van der Waals surface area contributed by atoms with Crippen LogP contribution in [0.1, 0.15) is 36.1 Å². The van der Waals surface area contributed by atoms with E-state index in [9.17, 15) is 27.1 Å². The van der Waals surface area contributed by atoms with E-state index < -0.39 is 61.0 Å². The van der Waals surface area contributed by atoms with E-state index in [0.29, 0.717) is 11.1 Å². The summed E-state index contributed by atoms with van der Waals surface area (Å²) >= 11 is -0.826. The van der Waals surface area contributed by atoms with Crippen molar-refractivity contribution in [1.29, 1.82) is 0 Å². The molecule has 0 unspecified atom stereocenters. The zero-order valence-electron chi connectivity index (χ0n) is 17.7. The van der Waals surface area contributed by atoms with E-state index in [4.69, 9.17) is 17.0 Å². The number of aliphatic imine (C=N–C) groups is 1. The summed E-state index contributed by atoms with van der Waals surface area (Å²) in [6.07, 6.45) is 0.880. The molecule has 0 spiro atoms. The zero-order valence-corrected chi connectivity index (χ0v) is 21.6. The van der Waals surface area contributed by atoms with Gasteiger partial charge in [0.25, 0.3) is 0 Å². The number of aromatic hydroxyl groups is 1. The summed E-state index contributed by atoms with van der Waals surface area (Å²) in [5.41, 5.74) is 0.269. The summed E-state index contributed by atoms with van der Waals surface area (Å²) in [7, 11) is 9.87. The Bertz CT molecular complexity index is 1140. The second-order valence-corrected chi connectivity index (χ2v) is 11.2. The van der Waals surface area contributed by atoms with Crippen molar-refractivity contribution in [2.24, 2.45) is 4.99 Å². The predicted molar refractivity (Wildman–Crippen MR) is 117 cm³/mol. The van der Waals surface area contributed by atoms with E-state index in [0.717, 1.165) is 11.8 Å². The number of phenols is 1. The minimum atomic E-state index is -2.26. The van der Waals surface area contributed by atoms with Gasteiger partial charge in [-0.2, -0.15) is 0 Å². The molecule has 0 heterocycles. The van der Waals surface area contributed by atoms with Crippen LogP contribution in [0.25, 0.3) is 0 Å². The zero-order chi connectivity index (χ0) is 24.9. The van der Waals surface area contributed by atoms with Crippen molar-refractivity contribution in [3.05, 3.63) is 93.8 Å². The third kappa shape index (κ3) is 6.03. The molecule has 0 aliphatic rings. The molecule has 0 fully saturated rings. The molecule has 0 amide bonds. The summed E-state index contributed by atoms with van der Waals surface area (Å²) < 4.78 is 67.8. The summed E-state index contributed by atoms with van der Waals surface area (Å²) in [6.45, 7) is 5.53. The summed E-state index contributed by atoms with van der Waals surface area (Å²) in [4.78, 5) is 3.45. The van der Waals surface area contributed by atoms with E-state index in [2.05, 4.69) is 4.99 Å². The van der Waals surface area contributed by atoms with E-state index in [1.165, 1.54) is 6.07 Å². The molecule has 10 heteroatoms. The quantitative estimate of drug-likeness (QED) is 0.145. The maximum absolute atomic E-state index is 13.9. The Balaban J connectivity index is 0.00000122. The van der Waals surface area contributed by atoms with Gasteiger partial charge in [-0.1, -0.05) is 50.2 Å². The van der Waals surface area contributed by atoms with Gasteiger partial charge in [0.1, 0.15) is 11.4 Å². The fourth-order valence-electron chi connectivity index (χ4n) is 3.23. The normalized spacial score (nSPS) is 11.3. The number of nitrogens with zero attached hydrogens (tertiary/aromatic N) is 1. The molecule has 3 aromatic carbocycles. The molecule has 0 aliphatic heterocycles. The molecule has 0 saturated heterocycles. The van der Waals surface area contributed by atoms with Crippen LogP contribution in [0.4, 0.5) is 27.6 Å². The third-order valence-corrected chi connectivity index (χ3v) is 4.97. The molecule has 0 saturated carbocycles. The Morgan fingerprint density at radius 2 is 1.36 bits per heavy atom. The number of benzene rings is 3. The monoisotopic (exact) mass is 579 g/mol. The van der Waals surface area contributed by atoms with Gasteiger partial charge in [-0.05, 0) is 24.1 Å². The molecule has 174 valence electrons. The van der Waals surface area contributed by atoms with E-state index in [-0.39, 0.29) is 11.3 Å². The van der Waals surface area contributed by atoms with Gasteiger partial charge < -0.3 is 5.11 Å². The standard InChI is InChI=1S/C23H18F5NO.2ClH.Zr/c1-12-9-13(11-29-21-19(27)17(25)16(24)18(26)20(21)28)22(30)15(10-12)23(2,3)14-7-5-4-6-8-14;;;/h4-11,30H,1-3H3;2*1H;/q;;;+2/p-2. The molecule has 33 heavy (non-hydrogen) atoms. The van der Waals surface area contributed by atoms with Crippen LogP contribution in [0.15, 0.2) is 47.5 Å². The van der Waals surface area contributed by atoms with Crippen LogP contribution in [-0.4, -0.2) is 11.3 Å². The van der Waals surface area contributed by atoms with Gasteiger partial charge in [0.05, 0.1) is 0 Å². The first-order chi connectivity index (χ1) is 15.5. The van der Waals surface area contributed by atoms with Crippen LogP contribution >= 0.6 is 17.0 Å². The van der Waals surface area contributed by atoms with E-state index >= 15 is 0 Å². The molecule has 2 nitrogen and oxygen atoms in total. The van der Waals surface area contributed by atoms with E-state index in [1.54, 1.807) is 13.0 Å². The van der Waals surface area contributed by atoms with Crippen LogP contribution in [0.3, 0.4) is 0 Å². The van der Waals surface area contributed by atoms with Crippen molar-refractivity contribution >= 4 is 28.9 Å². The number of hydrogen-bond donors (Lipinski definition) is 1. The fraction of sp³-hybridized carbons (Fsp3) is 0.174. The SMILES string of the molecule is Cc1cc(C=Nc2c(F)c(F)c(F)c(F)c2F)c(O)c(C(C)(C)c2ccccc2)c1.[Cl][Zr][Cl]. The maximum atomic E-state index is 13.9. The van der Waals surface area contributed by atoms with Crippen LogP contribution < -0.4 is 0 Å². The number of aryl methyl sites for hydroxylation is 1.